The van der Waals surface area contributed by atoms with Crippen LogP contribution in [0.15, 0.2) is 0 Å². The largest absolute Gasteiger partial charge is 0.353 e. The molecule has 158 valence electrons. The molecule has 0 radical (unpaired) electrons. The minimum absolute atomic E-state index is 0.256. The van der Waals surface area contributed by atoms with E-state index >= 15 is 0 Å². The van der Waals surface area contributed by atoms with Gasteiger partial charge in [0.25, 0.3) is 0 Å². The van der Waals surface area contributed by atoms with Crippen molar-refractivity contribution in [2.24, 2.45) is 23.7 Å². The van der Waals surface area contributed by atoms with Gasteiger partial charge >= 0.3 is 0 Å². The lowest BCUT2D eigenvalue weighted by molar-refractivity contribution is -0.130. The second kappa shape index (κ2) is 12.0. The Bertz CT molecular complexity index is 511. The molecular weight excluding hydrogens is 685 g/mol. The number of rotatable bonds is 0. The van der Waals surface area contributed by atoms with Crippen molar-refractivity contribution in [1.82, 2.24) is 20.0 Å². The smallest absolute Gasteiger partial charge is 0.227 e. The lowest BCUT2D eigenvalue weighted by Gasteiger charge is -2.21. The molecule has 0 aromatic carbocycles. The molecule has 27 heavy (non-hydrogen) atoms. The summed E-state index contributed by atoms with van der Waals surface area (Å²) >= 11 is 6.39. The van der Waals surface area contributed by atoms with Crippen LogP contribution >= 0.6 is 59.8 Å². The molecule has 4 heterocycles. The molecule has 1 N–H and O–H groups in total. The summed E-state index contributed by atoms with van der Waals surface area (Å²) < 4.78 is 0. The zero-order chi connectivity index (χ0) is 20.9. The number of hydrogen-bond donors (Lipinski definition) is 1. The Morgan fingerprint density at radius 3 is 1.81 bits per heavy atom. The lowest BCUT2D eigenvalue weighted by Crippen LogP contribution is -2.33. The Hall–Kier alpha value is 1.05. The van der Waals surface area contributed by atoms with Crippen LogP contribution in [0.4, 0.5) is 0 Å². The highest BCUT2D eigenvalue weighted by atomic mass is 128. The number of halogens is 3. The van der Waals surface area contributed by atoms with Gasteiger partial charge < -0.3 is 20.0 Å². The van der Waals surface area contributed by atoms with Crippen LogP contribution in [0.2, 0.25) is 0 Å². The molecule has 9 heteroatoms. The van der Waals surface area contributed by atoms with Crippen LogP contribution < -0.4 is 5.32 Å². The fourth-order valence-corrected chi connectivity index (χ4v) is 4.79. The second-order valence-corrected chi connectivity index (χ2v) is 7.97. The van der Waals surface area contributed by atoms with Crippen molar-refractivity contribution in [1.29, 1.82) is 0 Å². The highest BCUT2D eigenvalue weighted by molar-refractivity contribution is 15.0. The quantitative estimate of drug-likeness (QED) is 0.310. The summed E-state index contributed by atoms with van der Waals surface area (Å²) in [5.74, 6) is 2.30. The maximum Gasteiger partial charge on any atom is 0.227 e. The minimum Gasteiger partial charge on any atom is -0.353 e. The number of nitrogens with zero attached hydrogens (tertiary/aromatic N) is 3. The third kappa shape index (κ3) is 6.03. The summed E-state index contributed by atoms with van der Waals surface area (Å²) in [6.45, 7) is 8.31. The van der Waals surface area contributed by atoms with Crippen molar-refractivity contribution in [2.75, 3.05) is 52.3 Å². The Morgan fingerprint density at radius 2 is 1.33 bits per heavy atom. The summed E-state index contributed by atoms with van der Waals surface area (Å²) in [4.78, 5) is 31.3. The Labute approximate surface area is 201 Å². The molecule has 4 rings (SSSR count). The predicted octanol–water partition coefficient (Wildman–Crippen LogP) is 2.53. The summed E-state index contributed by atoms with van der Waals surface area (Å²) in [5.41, 5.74) is 0. The van der Waals surface area contributed by atoms with E-state index in [1.807, 2.05) is 16.9 Å². The zero-order valence-electron chi connectivity index (χ0n) is 17.1. The van der Waals surface area contributed by atoms with Gasteiger partial charge in [0.1, 0.15) is 0 Å². The second-order valence-electron chi connectivity index (χ2n) is 7.97. The van der Waals surface area contributed by atoms with E-state index in [0.29, 0.717) is 29.8 Å². The molecule has 4 fully saturated rings. The van der Waals surface area contributed by atoms with E-state index < -0.39 is 0 Å². The van der Waals surface area contributed by atoms with Gasteiger partial charge in [0, 0.05) is 94.4 Å². The first-order chi connectivity index (χ1) is 12.8. The van der Waals surface area contributed by atoms with Crippen LogP contribution in [-0.2, 0) is 9.59 Å². The monoisotopic (exact) mass is 718 g/mol. The molecule has 0 aromatic rings. The average Bonchev–Trinajstić information content (AvgIpc) is 3.36. The normalized spacial score (nSPS) is 37.3. The van der Waals surface area contributed by atoms with Gasteiger partial charge in [-0.2, -0.15) is 0 Å². The standard InChI is InChI=1S/C9H16N2O.C8H14N2O.CH3I.I2/c1-6-7-4-10(2)5-8(7)9(12)11(6)3;1-5-6-3-10(2)4-7(6)8(11)9-5;2*1-2/h6-8H,4-5H2,1-3H3;5-7H,3-4H2,1-2H3,(H,9,11);1H3;. The summed E-state index contributed by atoms with van der Waals surface area (Å²) in [7, 11) is 6.10. The number of carbonyl (C=O) groups is 2. The summed E-state index contributed by atoms with van der Waals surface area (Å²) in [6.07, 6.45) is 0. The fraction of sp³-hybridized carbons (Fsp3) is 0.889. The van der Waals surface area contributed by atoms with E-state index in [1.54, 1.807) is 0 Å². The van der Waals surface area contributed by atoms with E-state index in [4.69, 9.17) is 0 Å². The van der Waals surface area contributed by atoms with E-state index in [0.717, 1.165) is 26.2 Å². The van der Waals surface area contributed by atoms with Crippen LogP contribution in [0.3, 0.4) is 0 Å². The van der Waals surface area contributed by atoms with Gasteiger partial charge in [-0.05, 0) is 32.9 Å². The molecule has 0 saturated carbocycles. The van der Waals surface area contributed by atoms with Gasteiger partial charge in [-0.3, -0.25) is 9.59 Å². The molecule has 6 unspecified atom stereocenters. The van der Waals surface area contributed by atoms with Gasteiger partial charge in [-0.25, -0.2) is 0 Å². The first-order valence-electron chi connectivity index (χ1n) is 9.25. The Balaban J connectivity index is 0.000000229. The van der Waals surface area contributed by atoms with Gasteiger partial charge in [-0.1, -0.05) is 22.6 Å². The predicted molar refractivity (Wildman–Crippen MR) is 137 cm³/mol. The third-order valence-electron chi connectivity index (χ3n) is 6.34. The number of likely N-dealkylation sites (tertiary alicyclic amines) is 3. The number of alkyl halides is 1. The number of nitrogens with one attached hydrogen (secondary N) is 1. The zero-order valence-corrected chi connectivity index (χ0v) is 23.6. The molecule has 0 bridgehead atoms. The molecule has 4 aliphatic heterocycles. The van der Waals surface area contributed by atoms with Crippen LogP contribution in [0.25, 0.3) is 0 Å². The van der Waals surface area contributed by atoms with Crippen LogP contribution in [-0.4, -0.2) is 90.9 Å². The van der Waals surface area contributed by atoms with Crippen LogP contribution in [0.1, 0.15) is 13.8 Å². The maximum absolute atomic E-state index is 11.6. The average molecular weight is 718 g/mol. The number of fused-ring (bicyclic) bond motifs is 2. The van der Waals surface area contributed by atoms with E-state index in [2.05, 4.69) is 103 Å². The van der Waals surface area contributed by atoms with Crippen molar-refractivity contribution in [2.45, 2.75) is 25.9 Å². The van der Waals surface area contributed by atoms with E-state index in [1.165, 1.54) is 0 Å². The SMILES string of the molecule is CC1C2CN(C)CC2C(=O)N1C.CC1NC(=O)C2CN(C)CC12.CI.II. The highest BCUT2D eigenvalue weighted by Gasteiger charge is 2.48. The van der Waals surface area contributed by atoms with Gasteiger partial charge in [0.05, 0.1) is 11.8 Å². The molecule has 4 aliphatic rings. The van der Waals surface area contributed by atoms with E-state index in [9.17, 15) is 9.59 Å². The number of hydrogen-bond acceptors (Lipinski definition) is 4. The molecule has 0 aromatic heterocycles. The van der Waals surface area contributed by atoms with Crippen molar-refractivity contribution in [3.8, 4) is 0 Å². The van der Waals surface area contributed by atoms with Crippen molar-refractivity contribution in [3.63, 3.8) is 0 Å². The van der Waals surface area contributed by atoms with Gasteiger partial charge in [-0.15, -0.1) is 0 Å². The Kier molecular flexibility index (Phi) is 11.6. The van der Waals surface area contributed by atoms with Gasteiger partial charge in [0.2, 0.25) is 11.8 Å². The molecule has 0 aliphatic carbocycles. The van der Waals surface area contributed by atoms with Crippen molar-refractivity contribution >= 4 is 71.6 Å². The molecule has 2 amide bonds. The number of carbonyl (C=O) groups excluding carboxylic acids is 2. The number of amides is 2. The first kappa shape index (κ1) is 26.1. The molecular formula is C18H33I3N4O2. The van der Waals surface area contributed by atoms with Crippen LogP contribution in [0, 0.1) is 23.7 Å². The minimum atomic E-state index is 0.256. The van der Waals surface area contributed by atoms with Crippen LogP contribution in [0.5, 0.6) is 0 Å². The summed E-state index contributed by atoms with van der Waals surface area (Å²) in [6, 6.07) is 0.824. The highest BCUT2D eigenvalue weighted by Crippen LogP contribution is 2.35. The molecule has 4 saturated heterocycles. The molecule has 6 atom stereocenters. The van der Waals surface area contributed by atoms with Crippen molar-refractivity contribution < 1.29 is 9.59 Å². The first-order valence-corrected chi connectivity index (χ1v) is 17.7. The Morgan fingerprint density at radius 1 is 0.852 bits per heavy atom. The van der Waals surface area contributed by atoms with Crippen molar-refractivity contribution in [3.05, 3.63) is 0 Å². The third-order valence-corrected chi connectivity index (χ3v) is 6.34. The fourth-order valence-electron chi connectivity index (χ4n) is 4.79. The maximum atomic E-state index is 11.6. The molecule has 6 nitrogen and oxygen atoms in total. The van der Waals surface area contributed by atoms with E-state index in [-0.39, 0.29) is 17.7 Å². The topological polar surface area (TPSA) is 55.9 Å². The molecule has 0 spiro atoms. The lowest BCUT2D eigenvalue weighted by atomic mass is 9.95. The van der Waals surface area contributed by atoms with Gasteiger partial charge in [0.15, 0.2) is 0 Å². The summed E-state index contributed by atoms with van der Waals surface area (Å²) in [5, 5.41) is 2.97.